The van der Waals surface area contributed by atoms with Gasteiger partial charge in [0, 0.05) is 0 Å². The molecule has 0 fully saturated rings. The summed E-state index contributed by atoms with van der Waals surface area (Å²) in [6, 6.07) is 0. The van der Waals surface area contributed by atoms with Crippen LogP contribution in [-0.2, 0) is 0 Å². The molecule has 0 N–H and O–H groups in total. The van der Waals surface area contributed by atoms with E-state index in [1.807, 2.05) is 0 Å². The first-order valence-electron chi connectivity index (χ1n) is 13.4. The Hall–Kier alpha value is 0. The Labute approximate surface area is 181 Å². The Morgan fingerprint density at radius 1 is 0.393 bits per heavy atom. The van der Waals surface area contributed by atoms with E-state index in [0.29, 0.717) is 0 Å². The highest BCUT2D eigenvalue weighted by Gasteiger charge is 2.17. The van der Waals surface area contributed by atoms with Crippen molar-refractivity contribution in [2.24, 2.45) is 11.8 Å². The van der Waals surface area contributed by atoms with Gasteiger partial charge in [0.1, 0.15) is 0 Å². The quantitative estimate of drug-likeness (QED) is 0.152. The molecule has 0 saturated heterocycles. The van der Waals surface area contributed by atoms with Crippen LogP contribution in [-0.4, -0.2) is 0 Å². The number of unbranched alkanes of at least 4 members (excludes halogenated alkanes) is 16. The van der Waals surface area contributed by atoms with Crippen LogP contribution in [0.5, 0.6) is 0 Å². The van der Waals surface area contributed by atoms with E-state index in [4.69, 9.17) is 0 Å². The van der Waals surface area contributed by atoms with Crippen molar-refractivity contribution in [2.45, 2.75) is 155 Å². The first kappa shape index (κ1) is 28.0. The third kappa shape index (κ3) is 18.1. The molecule has 0 bridgehead atoms. The minimum Gasteiger partial charge on any atom is -0.0654 e. The molecule has 2 radical (unpaired) electrons. The summed E-state index contributed by atoms with van der Waals surface area (Å²) in [7, 11) is 0. The Balaban J connectivity index is 3.64. The molecule has 0 saturated carbocycles. The lowest BCUT2D eigenvalue weighted by Gasteiger charge is -2.25. The average molecular weight is 393 g/mol. The van der Waals surface area contributed by atoms with E-state index in [9.17, 15) is 0 Å². The van der Waals surface area contributed by atoms with Crippen molar-refractivity contribution in [3.63, 3.8) is 0 Å². The van der Waals surface area contributed by atoms with Crippen LogP contribution in [0.15, 0.2) is 0 Å². The van der Waals surface area contributed by atoms with Crippen molar-refractivity contribution >= 4 is 0 Å². The summed E-state index contributed by atoms with van der Waals surface area (Å²) >= 11 is 0. The minimum absolute atomic E-state index is 0.830. The van der Waals surface area contributed by atoms with Crippen molar-refractivity contribution in [1.29, 1.82) is 0 Å². The summed E-state index contributed by atoms with van der Waals surface area (Å²) < 4.78 is 0. The molecule has 2 unspecified atom stereocenters. The fourth-order valence-electron chi connectivity index (χ4n) is 4.67. The lowest BCUT2D eigenvalue weighted by molar-refractivity contribution is 0.279. The molecule has 0 aromatic rings. The van der Waals surface area contributed by atoms with E-state index in [2.05, 4.69) is 27.7 Å². The van der Waals surface area contributed by atoms with Gasteiger partial charge in [0.25, 0.3) is 0 Å². The maximum Gasteiger partial charge on any atom is -0.0386 e. The number of hydrogen-bond donors (Lipinski definition) is 0. The highest BCUT2D eigenvalue weighted by molar-refractivity contribution is 4.73. The van der Waals surface area contributed by atoms with Crippen molar-refractivity contribution < 1.29 is 0 Å². The second-order valence-corrected chi connectivity index (χ2v) is 9.33. The molecular formula is C28H56. The molecule has 168 valence electrons. The Morgan fingerprint density at radius 2 is 0.643 bits per heavy atom. The van der Waals surface area contributed by atoms with E-state index in [1.54, 1.807) is 0 Å². The average Bonchev–Trinajstić information content (AvgIpc) is 2.72. The van der Waals surface area contributed by atoms with Crippen LogP contribution >= 0.6 is 0 Å². The fraction of sp³-hybridized carbons (Fsp3) is 0.929. The van der Waals surface area contributed by atoms with E-state index < -0.39 is 0 Å². The zero-order chi connectivity index (χ0) is 20.7. The van der Waals surface area contributed by atoms with Crippen molar-refractivity contribution in [3.05, 3.63) is 13.8 Å². The number of hydrogen-bond acceptors (Lipinski definition) is 0. The predicted octanol–water partition coefficient (Wildman–Crippen LogP) is 10.5. The van der Waals surface area contributed by atoms with Crippen molar-refractivity contribution in [1.82, 2.24) is 0 Å². The van der Waals surface area contributed by atoms with Crippen molar-refractivity contribution in [2.75, 3.05) is 0 Å². The molecule has 0 spiro atoms. The van der Waals surface area contributed by atoms with Crippen LogP contribution in [0.1, 0.15) is 155 Å². The van der Waals surface area contributed by atoms with Crippen LogP contribution < -0.4 is 0 Å². The fourth-order valence-corrected chi connectivity index (χ4v) is 4.67. The normalized spacial score (nSPS) is 13.7. The number of rotatable bonds is 23. The van der Waals surface area contributed by atoms with Gasteiger partial charge in [-0.1, -0.05) is 169 Å². The molecule has 0 heteroatoms. The molecule has 0 aliphatic rings. The van der Waals surface area contributed by atoms with Gasteiger partial charge in [-0.15, -0.1) is 0 Å². The van der Waals surface area contributed by atoms with Gasteiger partial charge in [-0.3, -0.25) is 0 Å². The van der Waals surface area contributed by atoms with Crippen LogP contribution in [0, 0.1) is 25.7 Å². The van der Waals surface area contributed by atoms with Gasteiger partial charge < -0.3 is 0 Å². The third-order valence-electron chi connectivity index (χ3n) is 6.77. The third-order valence-corrected chi connectivity index (χ3v) is 6.77. The summed E-state index contributed by atoms with van der Waals surface area (Å²) in [4.78, 5) is 0. The van der Waals surface area contributed by atoms with Crippen molar-refractivity contribution in [3.8, 4) is 0 Å². The summed E-state index contributed by atoms with van der Waals surface area (Å²) in [5.41, 5.74) is 0. The summed E-state index contributed by atoms with van der Waals surface area (Å²) in [5, 5.41) is 0. The molecule has 0 aromatic heterocycles. The summed E-state index contributed by atoms with van der Waals surface area (Å²) in [6.45, 7) is 13.2. The molecular weight excluding hydrogens is 336 g/mol. The maximum atomic E-state index is 4.28. The van der Waals surface area contributed by atoms with Crippen LogP contribution in [0.25, 0.3) is 0 Å². The molecule has 0 rings (SSSR count). The summed E-state index contributed by atoms with van der Waals surface area (Å²) in [5.74, 6) is 1.66. The highest BCUT2D eigenvalue weighted by Crippen LogP contribution is 2.29. The molecule has 0 aliphatic carbocycles. The lowest BCUT2D eigenvalue weighted by atomic mass is 9.81. The van der Waals surface area contributed by atoms with Crippen LogP contribution in [0.3, 0.4) is 0 Å². The molecule has 0 aromatic carbocycles. The first-order valence-corrected chi connectivity index (χ1v) is 13.4. The van der Waals surface area contributed by atoms with Crippen LogP contribution in [0.4, 0.5) is 0 Å². The topological polar surface area (TPSA) is 0 Å². The molecule has 0 nitrogen and oxygen atoms in total. The molecule has 0 heterocycles. The second-order valence-electron chi connectivity index (χ2n) is 9.33. The van der Waals surface area contributed by atoms with Gasteiger partial charge in [-0.05, 0) is 11.8 Å². The largest absolute Gasteiger partial charge is 0.0654 e. The van der Waals surface area contributed by atoms with Crippen LogP contribution in [0.2, 0.25) is 0 Å². The van der Waals surface area contributed by atoms with E-state index in [1.165, 1.54) is 128 Å². The van der Waals surface area contributed by atoms with E-state index >= 15 is 0 Å². The second kappa shape index (κ2) is 23.3. The van der Waals surface area contributed by atoms with Gasteiger partial charge in [-0.25, -0.2) is 0 Å². The predicted molar refractivity (Wildman–Crippen MR) is 131 cm³/mol. The molecule has 0 aliphatic heterocycles. The monoisotopic (exact) mass is 392 g/mol. The minimum atomic E-state index is 0.830. The first-order chi connectivity index (χ1) is 13.8. The molecule has 2 atom stereocenters. The highest BCUT2D eigenvalue weighted by atomic mass is 14.2. The Bertz CT molecular complexity index is 241. The van der Waals surface area contributed by atoms with Gasteiger partial charge >= 0.3 is 0 Å². The standard InChI is InChI=1S/C28H56/c1-5-9-11-13-15-17-19-21-23-25-27(7-3)28(8-4)26-24-22-20-18-16-14-12-10-6-2/h27-28H,3-26H2,1-2H3. The van der Waals surface area contributed by atoms with Gasteiger partial charge in [-0.2, -0.15) is 0 Å². The zero-order valence-corrected chi connectivity index (χ0v) is 20.1. The van der Waals surface area contributed by atoms with E-state index in [-0.39, 0.29) is 0 Å². The Morgan fingerprint density at radius 3 is 0.893 bits per heavy atom. The Kier molecular flexibility index (Phi) is 23.3. The van der Waals surface area contributed by atoms with Gasteiger partial charge in [0.2, 0.25) is 0 Å². The summed E-state index contributed by atoms with van der Waals surface area (Å²) in [6.07, 6.45) is 30.9. The molecule has 0 amide bonds. The zero-order valence-electron chi connectivity index (χ0n) is 20.1. The molecule has 28 heavy (non-hydrogen) atoms. The van der Waals surface area contributed by atoms with E-state index in [0.717, 1.165) is 24.7 Å². The smallest absolute Gasteiger partial charge is 0.0386 e. The lowest BCUT2D eigenvalue weighted by Crippen LogP contribution is -2.14. The SMILES string of the molecule is [CH2]CC(CCCCCCCCCCC)C(C[CH2])CCCCCCCCCCC. The maximum absolute atomic E-state index is 4.28. The van der Waals surface area contributed by atoms with Gasteiger partial charge in [0.05, 0.1) is 0 Å². The van der Waals surface area contributed by atoms with Gasteiger partial charge in [0.15, 0.2) is 0 Å².